The molecular weight excluding hydrogens is 192 g/mol. The number of carbonyl (C=O) groups excluding carboxylic acids is 1. The molecule has 0 saturated heterocycles. The lowest BCUT2D eigenvalue weighted by Gasteiger charge is -2.18. The minimum Gasteiger partial charge on any atom is -0.396 e. The van der Waals surface area contributed by atoms with Gasteiger partial charge in [-0.2, -0.15) is 0 Å². The molecule has 15 heavy (non-hydrogen) atoms. The van der Waals surface area contributed by atoms with Gasteiger partial charge in [-0.05, 0) is 32.6 Å². The topological polar surface area (TPSA) is 75.3 Å². The smallest absolute Gasteiger partial charge is 0.220 e. The van der Waals surface area contributed by atoms with Crippen molar-refractivity contribution in [2.75, 3.05) is 13.2 Å². The summed E-state index contributed by atoms with van der Waals surface area (Å²) in [5, 5.41) is 11.5. The van der Waals surface area contributed by atoms with Crippen LogP contribution >= 0.6 is 0 Å². The number of carbonyl (C=O) groups is 1. The van der Waals surface area contributed by atoms with Gasteiger partial charge in [0.15, 0.2) is 0 Å². The molecule has 0 aromatic carbocycles. The van der Waals surface area contributed by atoms with Crippen molar-refractivity contribution < 1.29 is 9.90 Å². The highest BCUT2D eigenvalue weighted by molar-refractivity contribution is 5.75. The first-order valence-corrected chi connectivity index (χ1v) is 5.51. The van der Waals surface area contributed by atoms with Gasteiger partial charge in [-0.15, -0.1) is 0 Å². The van der Waals surface area contributed by atoms with Crippen LogP contribution in [-0.4, -0.2) is 29.7 Å². The van der Waals surface area contributed by atoms with E-state index in [-0.39, 0.29) is 18.1 Å². The second kappa shape index (κ2) is 6.80. The zero-order valence-electron chi connectivity index (χ0n) is 10.0. The van der Waals surface area contributed by atoms with E-state index in [1.807, 2.05) is 20.8 Å². The Morgan fingerprint density at radius 1 is 1.53 bits per heavy atom. The minimum atomic E-state index is -0.284. The van der Waals surface area contributed by atoms with E-state index >= 15 is 0 Å². The molecule has 4 heteroatoms. The van der Waals surface area contributed by atoms with E-state index < -0.39 is 0 Å². The molecular formula is C11H24N2O2. The first-order valence-electron chi connectivity index (χ1n) is 5.51. The fourth-order valence-electron chi connectivity index (χ4n) is 1.13. The summed E-state index contributed by atoms with van der Waals surface area (Å²) < 4.78 is 0. The average Bonchev–Trinajstić information content (AvgIpc) is 2.11. The molecule has 1 atom stereocenters. The highest BCUT2D eigenvalue weighted by atomic mass is 16.3. The quantitative estimate of drug-likeness (QED) is 0.584. The van der Waals surface area contributed by atoms with Crippen molar-refractivity contribution >= 4 is 5.91 Å². The number of aliphatic hydroxyl groups is 1. The highest BCUT2D eigenvalue weighted by Crippen LogP contribution is 2.06. The Bertz CT molecular complexity index is 188. The maximum atomic E-state index is 11.4. The number of nitrogens with one attached hydrogen (secondary N) is 1. The summed E-state index contributed by atoms with van der Waals surface area (Å²) in [6.07, 6.45) is 1.88. The summed E-state index contributed by atoms with van der Waals surface area (Å²) in [6, 6.07) is 0. The normalized spacial score (nSPS) is 13.7. The molecule has 0 fully saturated rings. The first kappa shape index (κ1) is 14.4. The van der Waals surface area contributed by atoms with E-state index in [1.165, 1.54) is 0 Å². The van der Waals surface area contributed by atoms with Crippen molar-refractivity contribution in [1.82, 2.24) is 5.32 Å². The third-order valence-electron chi connectivity index (χ3n) is 2.27. The number of hydrogen-bond donors (Lipinski definition) is 3. The van der Waals surface area contributed by atoms with Crippen LogP contribution in [0.15, 0.2) is 0 Å². The minimum absolute atomic E-state index is 0.0401. The Kier molecular flexibility index (Phi) is 6.52. The lowest BCUT2D eigenvalue weighted by molar-refractivity contribution is -0.121. The molecule has 0 aromatic heterocycles. The fraction of sp³-hybridized carbons (Fsp3) is 0.909. The summed E-state index contributed by atoms with van der Waals surface area (Å²) in [5.74, 6) is 0.364. The third kappa shape index (κ3) is 9.69. The zero-order chi connectivity index (χ0) is 11.9. The molecule has 0 saturated carbocycles. The monoisotopic (exact) mass is 216 g/mol. The number of hydrogen-bond acceptors (Lipinski definition) is 3. The van der Waals surface area contributed by atoms with Crippen LogP contribution in [-0.2, 0) is 4.79 Å². The Morgan fingerprint density at radius 2 is 2.13 bits per heavy atom. The van der Waals surface area contributed by atoms with Crippen LogP contribution in [0.5, 0.6) is 0 Å². The molecule has 1 unspecified atom stereocenters. The molecule has 0 aliphatic rings. The van der Waals surface area contributed by atoms with Crippen molar-refractivity contribution in [3.8, 4) is 0 Å². The second-order valence-electron chi connectivity index (χ2n) is 4.91. The summed E-state index contributed by atoms with van der Waals surface area (Å²) in [6.45, 7) is 6.63. The van der Waals surface area contributed by atoms with Gasteiger partial charge in [0.2, 0.25) is 5.91 Å². The predicted octanol–water partition coefficient (Wildman–Crippen LogP) is 0.639. The Labute approximate surface area is 92.2 Å². The molecule has 90 valence electrons. The Balaban J connectivity index is 3.58. The molecule has 0 aliphatic heterocycles. The summed E-state index contributed by atoms with van der Waals surface area (Å²) in [5.41, 5.74) is 5.49. The molecule has 4 nitrogen and oxygen atoms in total. The SMILES string of the molecule is CC(CCO)CNC(=O)CCC(C)(C)N. The van der Waals surface area contributed by atoms with E-state index in [2.05, 4.69) is 5.32 Å². The largest absolute Gasteiger partial charge is 0.396 e. The van der Waals surface area contributed by atoms with E-state index in [0.29, 0.717) is 25.3 Å². The van der Waals surface area contributed by atoms with Gasteiger partial charge in [0, 0.05) is 25.1 Å². The molecule has 4 N–H and O–H groups in total. The van der Waals surface area contributed by atoms with Crippen LogP contribution in [0, 0.1) is 5.92 Å². The van der Waals surface area contributed by atoms with Crippen LogP contribution in [0.4, 0.5) is 0 Å². The predicted molar refractivity (Wildman–Crippen MR) is 61.4 cm³/mol. The molecule has 0 spiro atoms. The highest BCUT2D eigenvalue weighted by Gasteiger charge is 2.13. The van der Waals surface area contributed by atoms with Crippen LogP contribution in [0.3, 0.4) is 0 Å². The van der Waals surface area contributed by atoms with E-state index in [0.717, 1.165) is 6.42 Å². The van der Waals surface area contributed by atoms with Gasteiger partial charge >= 0.3 is 0 Å². The summed E-state index contributed by atoms with van der Waals surface area (Å²) in [7, 11) is 0. The van der Waals surface area contributed by atoms with Crippen molar-refractivity contribution in [2.24, 2.45) is 11.7 Å². The van der Waals surface area contributed by atoms with Crippen LogP contribution < -0.4 is 11.1 Å². The summed E-state index contributed by atoms with van der Waals surface area (Å²) in [4.78, 5) is 11.4. The van der Waals surface area contributed by atoms with Crippen molar-refractivity contribution in [3.05, 3.63) is 0 Å². The molecule has 0 aliphatic carbocycles. The standard InChI is InChI=1S/C11H24N2O2/c1-9(5-7-14)8-13-10(15)4-6-11(2,3)12/h9,14H,4-8,12H2,1-3H3,(H,13,15). The van der Waals surface area contributed by atoms with E-state index in [1.54, 1.807) is 0 Å². The molecule has 0 radical (unpaired) electrons. The van der Waals surface area contributed by atoms with Crippen LogP contribution in [0.2, 0.25) is 0 Å². The van der Waals surface area contributed by atoms with E-state index in [4.69, 9.17) is 10.8 Å². The maximum Gasteiger partial charge on any atom is 0.220 e. The number of amides is 1. The number of nitrogens with two attached hydrogens (primary N) is 1. The third-order valence-corrected chi connectivity index (χ3v) is 2.27. The molecule has 1 amide bonds. The van der Waals surface area contributed by atoms with Crippen LogP contribution in [0.1, 0.15) is 40.0 Å². The van der Waals surface area contributed by atoms with Gasteiger partial charge in [-0.25, -0.2) is 0 Å². The van der Waals surface area contributed by atoms with Crippen LogP contribution in [0.25, 0.3) is 0 Å². The lowest BCUT2D eigenvalue weighted by atomic mass is 10.00. The van der Waals surface area contributed by atoms with Gasteiger partial charge in [0.1, 0.15) is 0 Å². The van der Waals surface area contributed by atoms with Crippen molar-refractivity contribution in [1.29, 1.82) is 0 Å². The number of aliphatic hydroxyl groups excluding tert-OH is 1. The molecule has 0 aromatic rings. The second-order valence-corrected chi connectivity index (χ2v) is 4.91. The van der Waals surface area contributed by atoms with Gasteiger partial charge in [0.05, 0.1) is 0 Å². The van der Waals surface area contributed by atoms with E-state index in [9.17, 15) is 4.79 Å². The lowest BCUT2D eigenvalue weighted by Crippen LogP contribution is -2.35. The Hall–Kier alpha value is -0.610. The molecule has 0 heterocycles. The van der Waals surface area contributed by atoms with Crippen molar-refractivity contribution in [3.63, 3.8) is 0 Å². The first-order chi connectivity index (χ1) is 6.85. The van der Waals surface area contributed by atoms with Gasteiger partial charge in [-0.1, -0.05) is 6.92 Å². The molecule has 0 bridgehead atoms. The van der Waals surface area contributed by atoms with Gasteiger partial charge < -0.3 is 16.2 Å². The fourth-order valence-corrected chi connectivity index (χ4v) is 1.13. The zero-order valence-corrected chi connectivity index (χ0v) is 10.0. The maximum absolute atomic E-state index is 11.4. The molecule has 0 rings (SSSR count). The van der Waals surface area contributed by atoms with Crippen molar-refractivity contribution in [2.45, 2.75) is 45.6 Å². The average molecular weight is 216 g/mol. The van der Waals surface area contributed by atoms with Gasteiger partial charge in [0.25, 0.3) is 0 Å². The number of rotatable bonds is 7. The van der Waals surface area contributed by atoms with Gasteiger partial charge in [-0.3, -0.25) is 4.79 Å². The Morgan fingerprint density at radius 3 is 2.60 bits per heavy atom. The summed E-state index contributed by atoms with van der Waals surface area (Å²) >= 11 is 0.